The summed E-state index contributed by atoms with van der Waals surface area (Å²) in [4.78, 5) is 25.4. The van der Waals surface area contributed by atoms with Gasteiger partial charge in [0.05, 0.1) is 9.90 Å². The minimum atomic E-state index is -3.68. The van der Waals surface area contributed by atoms with Gasteiger partial charge >= 0.3 is 0 Å². The fraction of sp³-hybridized carbons (Fsp3) is 0.462. The van der Waals surface area contributed by atoms with E-state index in [0.29, 0.717) is 16.6 Å². The van der Waals surface area contributed by atoms with Crippen LogP contribution in [-0.4, -0.2) is 24.5 Å². The molecule has 0 radical (unpaired) electrons. The molecule has 0 bridgehead atoms. The molecule has 0 saturated heterocycles. The van der Waals surface area contributed by atoms with Crippen LogP contribution in [0.5, 0.6) is 0 Å². The Morgan fingerprint density at radius 2 is 1.71 bits per heavy atom. The highest BCUT2D eigenvalue weighted by Gasteiger charge is 2.34. The Balaban J connectivity index is 1.35. The number of nitrogens with zero attached hydrogens (tertiary/aromatic N) is 1. The van der Waals surface area contributed by atoms with E-state index in [4.69, 9.17) is 0 Å². The van der Waals surface area contributed by atoms with Gasteiger partial charge < -0.3 is 10.6 Å². The van der Waals surface area contributed by atoms with Crippen LogP contribution in [0.1, 0.15) is 56.9 Å². The van der Waals surface area contributed by atoms with Gasteiger partial charge in [0.15, 0.2) is 0 Å². The van der Waals surface area contributed by atoms with Crippen LogP contribution in [0.2, 0.25) is 0 Å². The zero-order chi connectivity index (χ0) is 25.4. The number of carbonyl (C=O) groups excluding carboxylic acids is 2. The lowest BCUT2D eigenvalue weighted by Gasteiger charge is -2.36. The summed E-state index contributed by atoms with van der Waals surface area (Å²) >= 11 is 1.37. The summed E-state index contributed by atoms with van der Waals surface area (Å²) in [6.45, 7) is 10.7. The van der Waals surface area contributed by atoms with Crippen molar-refractivity contribution >= 4 is 43.9 Å². The molecule has 0 spiro atoms. The molecule has 2 heterocycles. The molecule has 1 saturated carbocycles. The van der Waals surface area contributed by atoms with Gasteiger partial charge in [0.2, 0.25) is 21.8 Å². The van der Waals surface area contributed by atoms with Crippen LogP contribution in [-0.2, 0) is 32.7 Å². The van der Waals surface area contributed by atoms with Gasteiger partial charge in [-0.25, -0.2) is 8.42 Å². The van der Waals surface area contributed by atoms with Gasteiger partial charge in [0.25, 0.3) is 0 Å². The van der Waals surface area contributed by atoms with Crippen LogP contribution in [0.15, 0.2) is 47.9 Å². The van der Waals surface area contributed by atoms with Crippen LogP contribution in [0, 0.1) is 17.3 Å². The van der Waals surface area contributed by atoms with Crippen molar-refractivity contribution in [2.24, 2.45) is 17.3 Å². The SMILES string of the molecule is C=CC(=O)Nc1cc2c(s1)CN(S(=O)(=O)c1ccc(NC(=O)C3CCC(C(C)(C)C)CC3)cc1)C2. The molecule has 1 aromatic carbocycles. The normalized spacial score (nSPS) is 20.8. The molecule has 2 aromatic rings. The Hall–Kier alpha value is -2.49. The van der Waals surface area contributed by atoms with E-state index in [9.17, 15) is 18.0 Å². The standard InChI is InChI=1S/C26H33N3O4S2/c1-5-23(30)28-24-14-18-15-29(16-22(18)34-24)35(32,33)21-12-10-20(11-13-21)27-25(31)17-6-8-19(9-7-17)26(2,3)4/h5,10-14,17,19H,1,6-9,15-16H2,2-4H3,(H,27,31)(H,28,30). The largest absolute Gasteiger partial charge is 0.326 e. The number of carbonyl (C=O) groups is 2. The van der Waals surface area contributed by atoms with E-state index in [0.717, 1.165) is 36.1 Å². The third-order valence-electron chi connectivity index (χ3n) is 7.08. The first-order chi connectivity index (χ1) is 16.5. The maximum Gasteiger partial charge on any atom is 0.248 e. The van der Waals surface area contributed by atoms with Crippen molar-refractivity contribution in [3.63, 3.8) is 0 Å². The lowest BCUT2D eigenvalue weighted by atomic mass is 9.69. The number of fused-ring (bicyclic) bond motifs is 1. The minimum Gasteiger partial charge on any atom is -0.326 e. The second kappa shape index (κ2) is 9.87. The van der Waals surface area contributed by atoms with Gasteiger partial charge in [-0.2, -0.15) is 4.31 Å². The van der Waals surface area contributed by atoms with Crippen LogP contribution in [0.4, 0.5) is 10.7 Å². The van der Waals surface area contributed by atoms with Crippen LogP contribution in [0.3, 0.4) is 0 Å². The third-order valence-corrected chi connectivity index (χ3v) is 9.96. The van der Waals surface area contributed by atoms with Gasteiger partial charge in [-0.15, -0.1) is 11.3 Å². The number of nitrogens with one attached hydrogen (secondary N) is 2. The summed E-state index contributed by atoms with van der Waals surface area (Å²) in [5, 5.41) is 6.37. The summed E-state index contributed by atoms with van der Waals surface area (Å²) in [5.74, 6) is 0.362. The number of anilines is 2. The average molecular weight is 516 g/mol. The lowest BCUT2D eigenvalue weighted by molar-refractivity contribution is -0.121. The number of thiophene rings is 1. The Labute approximate surface area is 211 Å². The van der Waals surface area contributed by atoms with Crippen molar-refractivity contribution in [3.05, 3.63) is 53.4 Å². The van der Waals surface area contributed by atoms with Gasteiger partial charge in [0.1, 0.15) is 0 Å². The monoisotopic (exact) mass is 515 g/mol. The number of hydrogen-bond acceptors (Lipinski definition) is 5. The molecule has 2 amide bonds. The lowest BCUT2D eigenvalue weighted by Crippen LogP contribution is -2.31. The van der Waals surface area contributed by atoms with Crippen LogP contribution in [0.25, 0.3) is 0 Å². The van der Waals surface area contributed by atoms with E-state index in [1.807, 2.05) is 6.07 Å². The van der Waals surface area contributed by atoms with E-state index < -0.39 is 10.0 Å². The molecule has 2 aliphatic rings. The van der Waals surface area contributed by atoms with E-state index in [1.54, 1.807) is 24.3 Å². The van der Waals surface area contributed by atoms with Crippen molar-refractivity contribution in [1.82, 2.24) is 4.31 Å². The molecule has 1 aliphatic heterocycles. The Bertz CT molecular complexity index is 1190. The molecule has 0 atom stereocenters. The van der Waals surface area contributed by atoms with Crippen molar-refractivity contribution in [2.75, 3.05) is 10.6 Å². The summed E-state index contributed by atoms with van der Waals surface area (Å²) in [6, 6.07) is 8.21. The highest BCUT2D eigenvalue weighted by molar-refractivity contribution is 7.89. The fourth-order valence-corrected chi connectivity index (χ4v) is 7.43. The molecular weight excluding hydrogens is 482 g/mol. The van der Waals surface area contributed by atoms with Gasteiger partial charge in [0, 0.05) is 29.6 Å². The summed E-state index contributed by atoms with van der Waals surface area (Å²) in [6.07, 6.45) is 5.09. The highest BCUT2D eigenvalue weighted by atomic mass is 32.2. The maximum atomic E-state index is 13.2. The molecule has 9 heteroatoms. The molecule has 4 rings (SSSR count). The Kier molecular flexibility index (Phi) is 7.22. The molecule has 35 heavy (non-hydrogen) atoms. The van der Waals surface area contributed by atoms with Gasteiger partial charge in [-0.05, 0) is 79.0 Å². The highest BCUT2D eigenvalue weighted by Crippen LogP contribution is 2.40. The zero-order valence-corrected chi connectivity index (χ0v) is 22.1. The number of benzene rings is 1. The molecule has 1 aliphatic carbocycles. The molecular formula is C26H33N3O4S2. The van der Waals surface area contributed by atoms with Crippen molar-refractivity contribution in [2.45, 2.75) is 64.4 Å². The van der Waals surface area contributed by atoms with Gasteiger partial charge in [-0.3, -0.25) is 9.59 Å². The minimum absolute atomic E-state index is 0.00165. The van der Waals surface area contributed by atoms with Crippen LogP contribution >= 0.6 is 11.3 Å². The predicted octanol–water partition coefficient (Wildman–Crippen LogP) is 5.37. The van der Waals surface area contributed by atoms with Gasteiger partial charge in [-0.1, -0.05) is 27.4 Å². The van der Waals surface area contributed by atoms with E-state index in [1.165, 1.54) is 21.7 Å². The quantitative estimate of drug-likeness (QED) is 0.506. The molecule has 0 unspecified atom stereocenters. The number of rotatable bonds is 6. The number of hydrogen-bond donors (Lipinski definition) is 2. The number of sulfonamides is 1. The third kappa shape index (κ3) is 5.68. The van der Waals surface area contributed by atoms with E-state index >= 15 is 0 Å². The van der Waals surface area contributed by atoms with E-state index in [-0.39, 0.29) is 41.1 Å². The van der Waals surface area contributed by atoms with Crippen molar-refractivity contribution < 1.29 is 18.0 Å². The molecule has 2 N–H and O–H groups in total. The predicted molar refractivity (Wildman–Crippen MR) is 140 cm³/mol. The molecule has 1 fully saturated rings. The second-order valence-electron chi connectivity index (χ2n) is 10.5. The molecule has 7 nitrogen and oxygen atoms in total. The number of amides is 2. The fourth-order valence-electron chi connectivity index (χ4n) is 4.87. The topological polar surface area (TPSA) is 95.6 Å². The van der Waals surface area contributed by atoms with E-state index in [2.05, 4.69) is 38.0 Å². The van der Waals surface area contributed by atoms with Crippen molar-refractivity contribution in [1.29, 1.82) is 0 Å². The first kappa shape index (κ1) is 25.6. The first-order valence-corrected chi connectivity index (χ1v) is 14.2. The summed E-state index contributed by atoms with van der Waals surface area (Å²) in [7, 11) is -3.68. The smallest absolute Gasteiger partial charge is 0.248 e. The Morgan fingerprint density at radius 1 is 1.06 bits per heavy atom. The first-order valence-electron chi connectivity index (χ1n) is 11.9. The molecule has 1 aromatic heterocycles. The second-order valence-corrected chi connectivity index (χ2v) is 13.5. The summed E-state index contributed by atoms with van der Waals surface area (Å²) < 4.78 is 27.8. The maximum absolute atomic E-state index is 13.2. The van der Waals surface area contributed by atoms with Crippen LogP contribution < -0.4 is 10.6 Å². The summed E-state index contributed by atoms with van der Waals surface area (Å²) in [5.41, 5.74) is 1.77. The Morgan fingerprint density at radius 3 is 2.29 bits per heavy atom. The zero-order valence-electron chi connectivity index (χ0n) is 20.5. The molecule has 188 valence electrons. The van der Waals surface area contributed by atoms with Crippen molar-refractivity contribution in [3.8, 4) is 0 Å². The average Bonchev–Trinajstić information content (AvgIpc) is 3.38.